The molecular weight excluding hydrogens is 344 g/mol. The van der Waals surface area contributed by atoms with Gasteiger partial charge in [0.25, 0.3) is 0 Å². The van der Waals surface area contributed by atoms with Gasteiger partial charge >= 0.3 is 5.97 Å². The first-order chi connectivity index (χ1) is 11.9. The normalized spacial score (nSPS) is 31.0. The summed E-state index contributed by atoms with van der Waals surface area (Å²) >= 11 is 0. The molecule has 1 aromatic rings. The lowest BCUT2D eigenvalue weighted by atomic mass is 9.58. The van der Waals surface area contributed by atoms with Crippen LogP contribution in [0.2, 0.25) is 0 Å². The Hall–Kier alpha value is -2.68. The summed E-state index contributed by atoms with van der Waals surface area (Å²) in [5.41, 5.74) is -10.2. The molecule has 0 spiro atoms. The number of carboxylic acids is 1. The Kier molecular flexibility index (Phi) is 4.71. The smallest absolute Gasteiger partial charge is 0.331 e. The van der Waals surface area contributed by atoms with E-state index < -0.39 is 52.1 Å². The summed E-state index contributed by atoms with van der Waals surface area (Å²) in [6, 6.07) is 7.06. The van der Waals surface area contributed by atoms with E-state index in [1.807, 2.05) is 0 Å². The van der Waals surface area contributed by atoms with Crippen LogP contribution in [0.4, 0.5) is 0 Å². The summed E-state index contributed by atoms with van der Waals surface area (Å²) < 4.78 is 0. The van der Waals surface area contributed by atoms with Gasteiger partial charge in [-0.15, -0.1) is 0 Å². The second-order valence-electron chi connectivity index (χ2n) is 6.30. The Bertz CT molecular complexity index is 827. The molecule has 0 aromatic heterocycles. The Morgan fingerprint density at radius 3 is 1.88 bits per heavy atom. The number of carbonyl (C=O) groups is 4. The van der Waals surface area contributed by atoms with E-state index in [4.69, 9.17) is 0 Å². The lowest BCUT2D eigenvalue weighted by Gasteiger charge is -2.50. The Balaban J connectivity index is 2.83. The number of aliphatic hydroxyl groups is 3. The summed E-state index contributed by atoms with van der Waals surface area (Å²) in [5, 5.41) is 42.0. The van der Waals surface area contributed by atoms with Gasteiger partial charge in [0, 0.05) is 17.6 Å². The number of Topliss-reactive ketones (excluding diaryl/α,β-unsaturated/α-hetero) is 3. The van der Waals surface area contributed by atoms with Crippen LogP contribution in [0.1, 0.15) is 30.6 Å². The molecule has 0 saturated carbocycles. The molecule has 0 heterocycles. The van der Waals surface area contributed by atoms with Crippen LogP contribution in [0.3, 0.4) is 0 Å². The van der Waals surface area contributed by atoms with Gasteiger partial charge in [-0.05, 0) is 19.9 Å². The predicted molar refractivity (Wildman–Crippen MR) is 87.3 cm³/mol. The van der Waals surface area contributed by atoms with Crippen LogP contribution in [0, 0.1) is 0 Å². The molecule has 2 rings (SSSR count). The highest BCUT2D eigenvalue weighted by Gasteiger charge is 2.71. The standard InChI is InChI=1S/C18H18O8/c1-10(19)16(24)8-13(15(22)23)9-17(25,18(16,26)11(2)20)14(21)12-6-4-3-5-7-12/h3-8,24-26H,9H2,1-2H3,(H,22,23). The molecule has 26 heavy (non-hydrogen) atoms. The van der Waals surface area contributed by atoms with Crippen molar-refractivity contribution in [1.29, 1.82) is 0 Å². The summed E-state index contributed by atoms with van der Waals surface area (Å²) in [4.78, 5) is 48.6. The van der Waals surface area contributed by atoms with Crippen molar-refractivity contribution in [1.82, 2.24) is 0 Å². The van der Waals surface area contributed by atoms with Crippen LogP contribution in [0.25, 0.3) is 0 Å². The van der Waals surface area contributed by atoms with Crippen LogP contribution in [0.5, 0.6) is 0 Å². The summed E-state index contributed by atoms with van der Waals surface area (Å²) in [6.07, 6.45) is -0.465. The number of aliphatic carboxylic acids is 1. The zero-order valence-corrected chi connectivity index (χ0v) is 14.1. The van der Waals surface area contributed by atoms with E-state index in [2.05, 4.69) is 0 Å². The number of hydrogen-bond donors (Lipinski definition) is 4. The first kappa shape index (κ1) is 19.6. The minimum atomic E-state index is -3.27. The van der Waals surface area contributed by atoms with Gasteiger partial charge in [0.05, 0.1) is 0 Å². The number of ketones is 3. The monoisotopic (exact) mass is 362 g/mol. The lowest BCUT2D eigenvalue weighted by molar-refractivity contribution is -0.212. The molecule has 8 heteroatoms. The van der Waals surface area contributed by atoms with Crippen LogP contribution in [0.15, 0.2) is 42.0 Å². The third-order valence-electron chi connectivity index (χ3n) is 4.71. The van der Waals surface area contributed by atoms with Gasteiger partial charge < -0.3 is 20.4 Å². The van der Waals surface area contributed by atoms with Gasteiger partial charge in [-0.3, -0.25) is 14.4 Å². The van der Waals surface area contributed by atoms with Gasteiger partial charge in [-0.2, -0.15) is 0 Å². The van der Waals surface area contributed by atoms with E-state index >= 15 is 0 Å². The van der Waals surface area contributed by atoms with Crippen molar-refractivity contribution >= 4 is 23.3 Å². The zero-order chi connectivity index (χ0) is 19.9. The number of carbonyl (C=O) groups excluding carboxylic acids is 3. The molecule has 0 saturated heterocycles. The summed E-state index contributed by atoms with van der Waals surface area (Å²) in [6.45, 7) is 1.60. The van der Waals surface area contributed by atoms with Gasteiger partial charge in [0.15, 0.2) is 34.2 Å². The van der Waals surface area contributed by atoms with E-state index in [0.29, 0.717) is 6.08 Å². The summed E-state index contributed by atoms with van der Waals surface area (Å²) in [7, 11) is 0. The van der Waals surface area contributed by atoms with Gasteiger partial charge in [-0.25, -0.2) is 4.79 Å². The minimum Gasteiger partial charge on any atom is -0.478 e. The van der Waals surface area contributed by atoms with Crippen LogP contribution >= 0.6 is 0 Å². The fraction of sp³-hybridized carbons (Fsp3) is 0.333. The molecule has 0 amide bonds. The maximum Gasteiger partial charge on any atom is 0.331 e. The lowest BCUT2D eigenvalue weighted by Crippen LogP contribution is -2.77. The van der Waals surface area contributed by atoms with E-state index in [1.54, 1.807) is 6.07 Å². The Morgan fingerprint density at radius 1 is 0.923 bits per heavy atom. The fourth-order valence-electron chi connectivity index (χ4n) is 3.25. The highest BCUT2D eigenvalue weighted by Crippen LogP contribution is 2.46. The van der Waals surface area contributed by atoms with Crippen molar-refractivity contribution in [2.75, 3.05) is 0 Å². The van der Waals surface area contributed by atoms with Crippen molar-refractivity contribution in [3.63, 3.8) is 0 Å². The molecule has 0 fully saturated rings. The highest BCUT2D eigenvalue weighted by atomic mass is 16.4. The molecule has 1 aliphatic rings. The Labute approximate surface area is 148 Å². The van der Waals surface area contributed by atoms with Gasteiger partial charge in [0.1, 0.15) is 0 Å². The number of hydrogen-bond acceptors (Lipinski definition) is 7. The van der Waals surface area contributed by atoms with Crippen LogP contribution in [-0.2, 0) is 14.4 Å². The van der Waals surface area contributed by atoms with Gasteiger partial charge in [-0.1, -0.05) is 30.3 Å². The second-order valence-corrected chi connectivity index (χ2v) is 6.30. The molecule has 1 aliphatic carbocycles. The average Bonchev–Trinajstić information content (AvgIpc) is 2.58. The molecular formula is C18H18O8. The van der Waals surface area contributed by atoms with Crippen LogP contribution < -0.4 is 0 Å². The van der Waals surface area contributed by atoms with Crippen molar-refractivity contribution in [2.45, 2.75) is 37.1 Å². The molecule has 0 radical (unpaired) electrons. The Morgan fingerprint density at radius 2 is 1.46 bits per heavy atom. The number of benzene rings is 1. The maximum absolute atomic E-state index is 12.9. The molecule has 0 aliphatic heterocycles. The maximum atomic E-state index is 12.9. The van der Waals surface area contributed by atoms with E-state index in [9.17, 15) is 39.6 Å². The van der Waals surface area contributed by atoms with Crippen LogP contribution in [-0.4, -0.2) is 60.5 Å². The second kappa shape index (κ2) is 6.24. The molecule has 8 nitrogen and oxygen atoms in total. The molecule has 3 unspecified atom stereocenters. The van der Waals surface area contributed by atoms with E-state index in [1.165, 1.54) is 24.3 Å². The molecule has 0 bridgehead atoms. The first-order valence-electron chi connectivity index (χ1n) is 7.66. The summed E-state index contributed by atoms with van der Waals surface area (Å²) in [5.74, 6) is -5.27. The highest BCUT2D eigenvalue weighted by molar-refractivity contribution is 6.13. The first-order valence-corrected chi connectivity index (χ1v) is 7.66. The number of rotatable bonds is 5. The number of carboxylic acid groups (broad SMARTS) is 1. The molecule has 3 atom stereocenters. The molecule has 138 valence electrons. The van der Waals surface area contributed by atoms with Crippen molar-refractivity contribution in [2.24, 2.45) is 0 Å². The van der Waals surface area contributed by atoms with Gasteiger partial charge in [0.2, 0.25) is 0 Å². The average molecular weight is 362 g/mol. The third kappa shape index (κ3) is 2.50. The van der Waals surface area contributed by atoms with E-state index in [-0.39, 0.29) is 5.56 Å². The minimum absolute atomic E-state index is 0.132. The zero-order valence-electron chi connectivity index (χ0n) is 14.1. The topological polar surface area (TPSA) is 149 Å². The van der Waals surface area contributed by atoms with E-state index in [0.717, 1.165) is 13.8 Å². The third-order valence-corrected chi connectivity index (χ3v) is 4.71. The SMILES string of the molecule is CC(=O)C1(O)C=C(C(=O)O)CC(O)(C(=O)c2ccccc2)C1(O)C(C)=O. The fourth-order valence-corrected chi connectivity index (χ4v) is 3.25. The largest absolute Gasteiger partial charge is 0.478 e. The van der Waals surface area contributed by atoms with Crippen molar-refractivity contribution in [3.05, 3.63) is 47.5 Å². The predicted octanol–water partition coefficient (Wildman–Crippen LogP) is -0.345. The molecule has 4 N–H and O–H groups in total. The van der Waals surface area contributed by atoms with Crippen molar-refractivity contribution < 1.29 is 39.6 Å². The molecule has 1 aromatic carbocycles. The quantitative estimate of drug-likeness (QED) is 0.520. The van der Waals surface area contributed by atoms with Crippen molar-refractivity contribution in [3.8, 4) is 0 Å².